The molecule has 0 aliphatic carbocycles. The Morgan fingerprint density at radius 1 is 1.14 bits per heavy atom. The number of pyridine rings is 1. The molecule has 196 valence electrons. The van der Waals surface area contributed by atoms with Crippen molar-refractivity contribution in [3.05, 3.63) is 24.4 Å². The molecule has 0 atom stereocenters. The monoisotopic (exact) mass is 522 g/mol. The standard InChI is InChI=1S/C25H34N8O3Si/c1-25(2)24-28-19-22(31-12-17(34)13-31)29-20(30-23(19)33(24)6-7-36-25)16-10-18-21(26-11-16)32(14-27-18)15-35-8-9-37(3,4)5/h10-11,14,17,34H,6-9,12-13,15H2,1-5H3. The first-order valence-corrected chi connectivity index (χ1v) is 16.5. The van der Waals surface area contributed by atoms with Gasteiger partial charge in [-0.15, -0.1) is 0 Å². The van der Waals surface area contributed by atoms with Gasteiger partial charge in [0.05, 0.1) is 19.0 Å². The Bertz CT molecular complexity index is 1470. The van der Waals surface area contributed by atoms with Crippen molar-refractivity contribution in [3.8, 4) is 11.4 Å². The number of rotatable bonds is 7. The van der Waals surface area contributed by atoms with Gasteiger partial charge in [-0.1, -0.05) is 19.6 Å². The van der Waals surface area contributed by atoms with Gasteiger partial charge in [0.25, 0.3) is 0 Å². The zero-order valence-electron chi connectivity index (χ0n) is 22.1. The number of hydrogen-bond acceptors (Lipinski definition) is 9. The van der Waals surface area contributed by atoms with Crippen LogP contribution in [0.1, 0.15) is 19.7 Å². The van der Waals surface area contributed by atoms with Gasteiger partial charge < -0.3 is 24.0 Å². The minimum Gasteiger partial charge on any atom is -0.389 e. The molecule has 1 saturated heterocycles. The van der Waals surface area contributed by atoms with E-state index in [2.05, 4.69) is 29.2 Å². The maximum atomic E-state index is 9.96. The van der Waals surface area contributed by atoms with E-state index in [1.165, 1.54) is 0 Å². The summed E-state index contributed by atoms with van der Waals surface area (Å²) in [6, 6.07) is 3.09. The summed E-state index contributed by atoms with van der Waals surface area (Å²) >= 11 is 0. The highest BCUT2D eigenvalue weighted by Crippen LogP contribution is 2.36. The molecule has 1 fully saturated rings. The van der Waals surface area contributed by atoms with Crippen LogP contribution in [0.5, 0.6) is 0 Å². The van der Waals surface area contributed by atoms with Crippen LogP contribution in [-0.2, 0) is 28.4 Å². The molecule has 0 saturated carbocycles. The van der Waals surface area contributed by atoms with E-state index in [4.69, 9.17) is 29.4 Å². The van der Waals surface area contributed by atoms with Crippen LogP contribution in [0.25, 0.3) is 33.7 Å². The topological polar surface area (TPSA) is 116 Å². The Morgan fingerprint density at radius 2 is 1.95 bits per heavy atom. The lowest BCUT2D eigenvalue weighted by atomic mass is 10.1. The number of β-amino-alcohol motifs (C(OH)–C–C–N with tert-alkyl or cyclic N) is 1. The third-order valence-electron chi connectivity index (χ3n) is 6.99. The lowest BCUT2D eigenvalue weighted by Gasteiger charge is -2.36. The van der Waals surface area contributed by atoms with Gasteiger partial charge in [0.2, 0.25) is 0 Å². The summed E-state index contributed by atoms with van der Waals surface area (Å²) in [4.78, 5) is 26.1. The van der Waals surface area contributed by atoms with E-state index in [1.807, 2.05) is 29.4 Å². The largest absolute Gasteiger partial charge is 0.389 e. The maximum absolute atomic E-state index is 9.96. The Hall–Kier alpha value is -2.93. The van der Waals surface area contributed by atoms with Crippen LogP contribution in [0, 0.1) is 0 Å². The number of aromatic nitrogens is 7. The summed E-state index contributed by atoms with van der Waals surface area (Å²) in [5, 5.41) is 9.96. The Kier molecular flexibility index (Phi) is 5.82. The van der Waals surface area contributed by atoms with E-state index in [9.17, 15) is 5.11 Å². The average molecular weight is 523 g/mol. The van der Waals surface area contributed by atoms with Crippen LogP contribution >= 0.6 is 0 Å². The predicted molar refractivity (Wildman–Crippen MR) is 143 cm³/mol. The summed E-state index contributed by atoms with van der Waals surface area (Å²) < 4.78 is 15.9. The van der Waals surface area contributed by atoms with Crippen molar-refractivity contribution in [1.29, 1.82) is 0 Å². The fraction of sp³-hybridized carbons (Fsp3) is 0.560. The zero-order chi connectivity index (χ0) is 25.9. The summed E-state index contributed by atoms with van der Waals surface area (Å²) in [6.07, 6.45) is 3.20. The van der Waals surface area contributed by atoms with Gasteiger partial charge >= 0.3 is 0 Å². The predicted octanol–water partition coefficient (Wildman–Crippen LogP) is 3.00. The van der Waals surface area contributed by atoms with Crippen LogP contribution < -0.4 is 4.90 Å². The normalized spacial score (nSPS) is 17.9. The van der Waals surface area contributed by atoms with Crippen molar-refractivity contribution in [2.75, 3.05) is 31.2 Å². The third-order valence-corrected chi connectivity index (χ3v) is 8.70. The molecule has 4 aromatic heterocycles. The molecule has 2 aliphatic rings. The summed E-state index contributed by atoms with van der Waals surface area (Å²) in [5.74, 6) is 2.12. The van der Waals surface area contributed by atoms with E-state index in [0.29, 0.717) is 38.8 Å². The molecule has 0 spiro atoms. The Morgan fingerprint density at radius 3 is 2.70 bits per heavy atom. The highest BCUT2D eigenvalue weighted by Gasteiger charge is 2.36. The number of hydrogen-bond donors (Lipinski definition) is 1. The molecular formula is C25H34N8O3Si. The van der Waals surface area contributed by atoms with Crippen molar-refractivity contribution in [1.82, 2.24) is 34.1 Å². The van der Waals surface area contributed by atoms with Gasteiger partial charge in [-0.05, 0) is 26.0 Å². The Balaban J connectivity index is 1.36. The number of nitrogens with zero attached hydrogens (tertiary/aromatic N) is 8. The van der Waals surface area contributed by atoms with E-state index in [0.717, 1.165) is 52.2 Å². The van der Waals surface area contributed by atoms with Crippen LogP contribution in [0.2, 0.25) is 25.7 Å². The summed E-state index contributed by atoms with van der Waals surface area (Å²) in [6.45, 7) is 14.5. The highest BCUT2D eigenvalue weighted by atomic mass is 28.3. The second-order valence-corrected chi connectivity index (χ2v) is 17.3. The van der Waals surface area contributed by atoms with Crippen LogP contribution in [-0.4, -0.2) is 79.6 Å². The first-order chi connectivity index (χ1) is 17.6. The van der Waals surface area contributed by atoms with Gasteiger partial charge in [0.1, 0.15) is 23.7 Å². The molecule has 37 heavy (non-hydrogen) atoms. The number of aliphatic hydroxyl groups is 1. The smallest absolute Gasteiger partial charge is 0.166 e. The molecule has 2 aliphatic heterocycles. The number of ether oxygens (including phenoxy) is 2. The van der Waals surface area contributed by atoms with Gasteiger partial charge in [0, 0.05) is 46.1 Å². The van der Waals surface area contributed by atoms with Crippen LogP contribution in [0.15, 0.2) is 18.6 Å². The molecule has 0 radical (unpaired) electrons. The van der Waals surface area contributed by atoms with Crippen molar-refractivity contribution >= 4 is 36.2 Å². The molecule has 0 aromatic carbocycles. The SMILES string of the molecule is CC1(C)OCCn2c1nc1c(N3CC(O)C3)nc(-c3cnc4c(c3)ncn4COCC[Si](C)(C)C)nc12. The van der Waals surface area contributed by atoms with Crippen molar-refractivity contribution in [3.63, 3.8) is 0 Å². The van der Waals surface area contributed by atoms with Crippen LogP contribution in [0.3, 0.4) is 0 Å². The summed E-state index contributed by atoms with van der Waals surface area (Å²) in [7, 11) is -1.14. The minimum absolute atomic E-state index is 0.361. The summed E-state index contributed by atoms with van der Waals surface area (Å²) in [5.41, 5.74) is 3.30. The first-order valence-electron chi connectivity index (χ1n) is 12.8. The fourth-order valence-electron chi connectivity index (χ4n) is 4.80. The van der Waals surface area contributed by atoms with E-state index >= 15 is 0 Å². The second kappa shape index (κ2) is 8.83. The zero-order valence-corrected chi connectivity index (χ0v) is 23.1. The number of anilines is 1. The van der Waals surface area contributed by atoms with Crippen molar-refractivity contribution < 1.29 is 14.6 Å². The molecule has 6 rings (SSSR count). The molecular weight excluding hydrogens is 488 g/mol. The average Bonchev–Trinajstić information content (AvgIpc) is 3.40. The lowest BCUT2D eigenvalue weighted by molar-refractivity contribution is -0.0530. The Labute approximate surface area is 216 Å². The van der Waals surface area contributed by atoms with Crippen molar-refractivity contribution in [2.45, 2.75) is 64.5 Å². The second-order valence-electron chi connectivity index (χ2n) is 11.7. The fourth-order valence-corrected chi connectivity index (χ4v) is 5.56. The number of fused-ring (bicyclic) bond motifs is 4. The maximum Gasteiger partial charge on any atom is 0.166 e. The molecule has 0 bridgehead atoms. The van der Waals surface area contributed by atoms with E-state index < -0.39 is 13.7 Å². The molecule has 0 amide bonds. The van der Waals surface area contributed by atoms with Gasteiger partial charge in [0.15, 0.2) is 28.5 Å². The molecule has 12 heteroatoms. The number of aliphatic hydroxyl groups excluding tert-OH is 1. The molecule has 4 aromatic rings. The van der Waals surface area contributed by atoms with Gasteiger partial charge in [-0.25, -0.2) is 24.9 Å². The molecule has 1 N–H and O–H groups in total. The van der Waals surface area contributed by atoms with Crippen molar-refractivity contribution in [2.24, 2.45) is 0 Å². The molecule has 6 heterocycles. The van der Waals surface area contributed by atoms with E-state index in [-0.39, 0.29) is 6.10 Å². The lowest BCUT2D eigenvalue weighted by Crippen LogP contribution is -2.51. The minimum atomic E-state index is -1.14. The van der Waals surface area contributed by atoms with Gasteiger partial charge in [-0.3, -0.25) is 4.57 Å². The molecule has 11 nitrogen and oxygen atoms in total. The van der Waals surface area contributed by atoms with Crippen LogP contribution in [0.4, 0.5) is 5.82 Å². The highest BCUT2D eigenvalue weighted by molar-refractivity contribution is 6.76. The van der Waals surface area contributed by atoms with E-state index in [1.54, 1.807) is 12.5 Å². The molecule has 0 unspecified atom stereocenters. The van der Waals surface area contributed by atoms with Gasteiger partial charge in [-0.2, -0.15) is 0 Å². The number of imidazole rings is 2. The first kappa shape index (κ1) is 24.4. The third kappa shape index (κ3) is 4.52. The quantitative estimate of drug-likeness (QED) is 0.289.